The van der Waals surface area contributed by atoms with Crippen LogP contribution in [0.4, 0.5) is 0 Å². The van der Waals surface area contributed by atoms with Gasteiger partial charge in [-0.25, -0.2) is 0 Å². The van der Waals surface area contributed by atoms with Gasteiger partial charge in [-0.15, -0.1) is 0 Å². The molecule has 0 atom stereocenters. The molecule has 0 fully saturated rings. The van der Waals surface area contributed by atoms with Gasteiger partial charge in [0.1, 0.15) is 17.2 Å². The average Bonchev–Trinajstić information content (AvgIpc) is 2.34. The van der Waals surface area contributed by atoms with Crippen molar-refractivity contribution in [3.8, 4) is 17.2 Å². The molecule has 0 amide bonds. The van der Waals surface area contributed by atoms with Gasteiger partial charge in [0, 0.05) is 6.07 Å². The Labute approximate surface area is 100 Å². The highest BCUT2D eigenvalue weighted by molar-refractivity contribution is 5.71. The Morgan fingerprint density at radius 1 is 0.765 bits per heavy atom. The van der Waals surface area contributed by atoms with E-state index in [9.17, 15) is 10.2 Å². The predicted octanol–water partition coefficient (Wildman–Crippen LogP) is 2.97. The van der Waals surface area contributed by atoms with Crippen LogP contribution in [-0.4, -0.2) is 15.3 Å². The van der Waals surface area contributed by atoms with Gasteiger partial charge in [0.15, 0.2) is 0 Å². The highest BCUT2D eigenvalue weighted by Crippen LogP contribution is 2.22. The molecule has 3 heteroatoms. The molecule has 3 nitrogen and oxygen atoms in total. The zero-order valence-corrected chi connectivity index (χ0v) is 8.96. The van der Waals surface area contributed by atoms with E-state index in [1.807, 2.05) is 0 Å². The lowest BCUT2D eigenvalue weighted by atomic mass is 10.1. The van der Waals surface area contributed by atoms with Gasteiger partial charge >= 0.3 is 0 Å². The maximum Gasteiger partial charge on any atom is 0.119 e. The largest absolute Gasteiger partial charge is 0.508 e. The molecule has 0 saturated heterocycles. The van der Waals surface area contributed by atoms with Crippen molar-refractivity contribution in [1.82, 2.24) is 0 Å². The first-order valence-electron chi connectivity index (χ1n) is 5.56. The first-order chi connectivity index (χ1) is 8.56. The second kappa shape index (κ2) is 4.61. The Bertz CT molecular complexity index is 589. The van der Waals surface area contributed by atoms with E-state index in [4.69, 9.17) is 6.48 Å². The fraction of sp³-hybridized carbons (Fsp3) is 0. The van der Waals surface area contributed by atoms with E-state index >= 15 is 0 Å². The van der Waals surface area contributed by atoms with Crippen molar-refractivity contribution in [1.29, 1.82) is 0 Å². The summed E-state index contributed by atoms with van der Waals surface area (Å²) < 4.78 is 7.64. The fourth-order valence-corrected chi connectivity index (χ4v) is 1.42. The molecule has 2 aromatic rings. The van der Waals surface area contributed by atoms with Crippen LogP contribution in [0.5, 0.6) is 17.2 Å². The molecular weight excluding hydrogens is 216 g/mol. The minimum Gasteiger partial charge on any atom is -0.508 e. The Kier molecular flexibility index (Phi) is 2.66. The smallest absolute Gasteiger partial charge is 0.119 e. The van der Waals surface area contributed by atoms with Crippen LogP contribution in [0.15, 0.2) is 42.4 Å². The monoisotopic (exact) mass is 229 g/mol. The summed E-state index contributed by atoms with van der Waals surface area (Å²) in [5.41, 5.74) is 1.26. The molecule has 0 bridgehead atoms. The van der Waals surface area contributed by atoms with Crippen molar-refractivity contribution in [3.63, 3.8) is 0 Å². The Morgan fingerprint density at radius 3 is 2.12 bits per heavy atom. The molecule has 0 heterocycles. The maximum atomic E-state index is 9.40. The molecule has 0 unspecified atom stereocenters. The van der Waals surface area contributed by atoms with E-state index in [1.165, 1.54) is 6.07 Å². The lowest BCUT2D eigenvalue weighted by Crippen LogP contribution is -1.74. The zero-order chi connectivity index (χ0) is 13.1. The van der Waals surface area contributed by atoms with Gasteiger partial charge in [-0.3, -0.25) is 0 Å². The highest BCUT2D eigenvalue weighted by Gasteiger charge is 1.95. The van der Waals surface area contributed by atoms with Crippen LogP contribution >= 0.6 is 0 Å². The minimum absolute atomic E-state index is 0.0390. The van der Waals surface area contributed by atoms with Crippen molar-refractivity contribution >= 4 is 12.2 Å². The molecule has 2 aromatic carbocycles. The van der Waals surface area contributed by atoms with Gasteiger partial charge in [0.25, 0.3) is 0 Å². The number of hydrogen-bond donors (Lipinski definition) is 3. The number of rotatable bonds is 2. The van der Waals surface area contributed by atoms with Crippen LogP contribution in [0.25, 0.3) is 12.2 Å². The third-order valence-electron chi connectivity index (χ3n) is 2.21. The summed E-state index contributed by atoms with van der Waals surface area (Å²) in [4.78, 5) is 0. The van der Waals surface area contributed by atoms with Crippen LogP contribution in [0.3, 0.4) is 0 Å². The highest BCUT2D eigenvalue weighted by atomic mass is 16.3. The Morgan fingerprint density at radius 2 is 1.41 bits per heavy atom. The molecule has 0 aliphatic heterocycles. The number of phenols is 3. The summed E-state index contributed by atoms with van der Waals surface area (Å²) in [5.74, 6) is -0.169. The van der Waals surface area contributed by atoms with E-state index in [0.29, 0.717) is 5.56 Å². The molecule has 0 aromatic heterocycles. The summed E-state index contributed by atoms with van der Waals surface area (Å²) in [6.07, 6.45) is 3.35. The van der Waals surface area contributed by atoms with Gasteiger partial charge < -0.3 is 15.3 Å². The van der Waals surface area contributed by atoms with Gasteiger partial charge in [0.05, 0.1) is 1.37 Å². The molecular formula is C14H12O3. The van der Waals surface area contributed by atoms with Crippen molar-refractivity contribution in [2.75, 3.05) is 0 Å². The first kappa shape index (κ1) is 9.78. The number of hydrogen-bond acceptors (Lipinski definition) is 3. The third kappa shape index (κ3) is 3.01. The van der Waals surface area contributed by atoms with Crippen LogP contribution in [0.1, 0.15) is 12.5 Å². The second-order valence-corrected chi connectivity index (χ2v) is 3.60. The standard InChI is InChI=1S/C14H12O3/c15-12-5-3-10(4-6-12)1-2-11-7-13(16)9-14(17)8-11/h1-9,15-17H/i7D. The van der Waals surface area contributed by atoms with Crippen LogP contribution < -0.4 is 0 Å². The van der Waals surface area contributed by atoms with Crippen molar-refractivity contribution < 1.29 is 16.7 Å². The predicted molar refractivity (Wildman–Crippen MR) is 66.8 cm³/mol. The summed E-state index contributed by atoms with van der Waals surface area (Å²) >= 11 is 0. The van der Waals surface area contributed by atoms with E-state index in [-0.39, 0.29) is 23.3 Å². The molecule has 0 aliphatic carbocycles. The number of benzene rings is 2. The van der Waals surface area contributed by atoms with Crippen molar-refractivity contribution in [2.45, 2.75) is 0 Å². The molecule has 0 radical (unpaired) electrons. The molecule has 3 N–H and O–H groups in total. The van der Waals surface area contributed by atoms with E-state index in [0.717, 1.165) is 11.6 Å². The van der Waals surface area contributed by atoms with Crippen molar-refractivity contribution in [3.05, 3.63) is 53.6 Å². The molecule has 17 heavy (non-hydrogen) atoms. The topological polar surface area (TPSA) is 60.7 Å². The molecule has 0 spiro atoms. The Hall–Kier alpha value is -2.42. The maximum absolute atomic E-state index is 9.40. The van der Waals surface area contributed by atoms with Gasteiger partial charge in [-0.2, -0.15) is 0 Å². The summed E-state index contributed by atoms with van der Waals surface area (Å²) in [7, 11) is 0. The second-order valence-electron chi connectivity index (χ2n) is 3.60. The van der Waals surface area contributed by atoms with E-state index in [1.54, 1.807) is 36.4 Å². The van der Waals surface area contributed by atoms with Crippen LogP contribution in [0.2, 0.25) is 0 Å². The van der Waals surface area contributed by atoms with Gasteiger partial charge in [-0.1, -0.05) is 24.3 Å². The summed E-state index contributed by atoms with van der Waals surface area (Å²) in [6.45, 7) is 0. The summed E-state index contributed by atoms with van der Waals surface area (Å²) in [5, 5.41) is 27.9. The first-order valence-corrected chi connectivity index (χ1v) is 5.06. The lowest BCUT2D eigenvalue weighted by Gasteiger charge is -1.98. The number of aromatic hydroxyl groups is 3. The van der Waals surface area contributed by atoms with E-state index < -0.39 is 0 Å². The quantitative estimate of drug-likeness (QED) is 0.694. The third-order valence-corrected chi connectivity index (χ3v) is 2.21. The van der Waals surface area contributed by atoms with Crippen LogP contribution in [-0.2, 0) is 0 Å². The molecule has 0 saturated carbocycles. The van der Waals surface area contributed by atoms with Gasteiger partial charge in [0.2, 0.25) is 0 Å². The average molecular weight is 229 g/mol. The summed E-state index contributed by atoms with van der Waals surface area (Å²) in [6, 6.07) is 9.04. The van der Waals surface area contributed by atoms with Crippen LogP contribution in [0, 0.1) is 0 Å². The normalized spacial score (nSPS) is 11.6. The SMILES string of the molecule is [2H]c1c(O)cc(O)cc1C=Cc1ccc(O)cc1. The number of phenolic OH excluding ortho intramolecular Hbond substituents is 3. The molecule has 0 aliphatic rings. The van der Waals surface area contributed by atoms with Gasteiger partial charge in [-0.05, 0) is 35.4 Å². The minimum atomic E-state index is -0.264. The zero-order valence-electron chi connectivity index (χ0n) is 9.96. The Balaban J connectivity index is 2.31. The molecule has 2 rings (SSSR count). The fourth-order valence-electron chi connectivity index (χ4n) is 1.42. The lowest BCUT2D eigenvalue weighted by molar-refractivity contribution is 0.450. The molecule has 86 valence electrons. The van der Waals surface area contributed by atoms with E-state index in [2.05, 4.69) is 0 Å². The van der Waals surface area contributed by atoms with Crippen molar-refractivity contribution in [2.24, 2.45) is 0 Å².